The average molecular weight is 340 g/mol. The van der Waals surface area contributed by atoms with Gasteiger partial charge in [-0.25, -0.2) is 4.99 Å². The molecule has 0 fully saturated rings. The highest BCUT2D eigenvalue weighted by molar-refractivity contribution is 5.99. The average Bonchev–Trinajstić information content (AvgIpc) is 2.99. The first-order chi connectivity index (χ1) is 11.8. The van der Waals surface area contributed by atoms with Gasteiger partial charge in [0.25, 0.3) is 0 Å². The molecule has 1 unspecified atom stereocenters. The van der Waals surface area contributed by atoms with Gasteiger partial charge in [-0.1, -0.05) is 29.4 Å². The Morgan fingerprint density at radius 3 is 2.80 bits per heavy atom. The van der Waals surface area contributed by atoms with Gasteiger partial charge in [0.05, 0.1) is 12.0 Å². The standard InChI is InChI=1S/C18H20N4O3/c1-11-7-14(21-25-11)15(23)9-12-5-4-6-13(8-12)18(2)10-16(24)22(3)17(19)20-18/h4-8H,9-10H2,1-3H3,(H2,19,20). The fourth-order valence-corrected chi connectivity index (χ4v) is 2.86. The van der Waals surface area contributed by atoms with Gasteiger partial charge in [-0.3, -0.25) is 14.5 Å². The molecule has 2 N–H and O–H groups in total. The molecule has 2 heterocycles. The van der Waals surface area contributed by atoms with E-state index in [2.05, 4.69) is 10.1 Å². The van der Waals surface area contributed by atoms with E-state index in [0.29, 0.717) is 11.5 Å². The van der Waals surface area contributed by atoms with E-state index in [0.717, 1.165) is 11.1 Å². The third-order valence-electron chi connectivity index (χ3n) is 4.40. The first kappa shape index (κ1) is 16.9. The lowest BCUT2D eigenvalue weighted by Crippen LogP contribution is -2.47. The molecule has 1 aromatic carbocycles. The Kier molecular flexibility index (Phi) is 4.16. The zero-order chi connectivity index (χ0) is 18.2. The van der Waals surface area contributed by atoms with Crippen LogP contribution in [-0.4, -0.2) is 34.8 Å². The number of hydrogen-bond acceptors (Lipinski definition) is 6. The highest BCUT2D eigenvalue weighted by Gasteiger charge is 2.36. The van der Waals surface area contributed by atoms with Crippen molar-refractivity contribution in [1.82, 2.24) is 10.1 Å². The topological polar surface area (TPSA) is 102 Å². The van der Waals surface area contributed by atoms with Gasteiger partial charge in [-0.2, -0.15) is 0 Å². The van der Waals surface area contributed by atoms with E-state index < -0.39 is 5.54 Å². The molecule has 130 valence electrons. The Bertz CT molecular complexity index is 871. The number of hydrogen-bond donors (Lipinski definition) is 1. The van der Waals surface area contributed by atoms with E-state index >= 15 is 0 Å². The van der Waals surface area contributed by atoms with Crippen LogP contribution in [0.1, 0.15) is 40.7 Å². The number of aryl methyl sites for hydroxylation is 1. The van der Waals surface area contributed by atoms with Crippen LogP contribution in [0.25, 0.3) is 0 Å². The number of nitrogens with two attached hydrogens (primary N) is 1. The summed E-state index contributed by atoms with van der Waals surface area (Å²) in [6, 6.07) is 9.12. The summed E-state index contributed by atoms with van der Waals surface area (Å²) in [6.45, 7) is 3.61. The molecule has 0 bridgehead atoms. The predicted octanol–water partition coefficient (Wildman–Crippen LogP) is 1.80. The van der Waals surface area contributed by atoms with Crippen LogP contribution in [0.2, 0.25) is 0 Å². The van der Waals surface area contributed by atoms with Gasteiger partial charge in [-0.15, -0.1) is 0 Å². The molecule has 3 rings (SSSR count). The maximum absolute atomic E-state index is 12.3. The summed E-state index contributed by atoms with van der Waals surface area (Å²) in [6.07, 6.45) is 0.424. The van der Waals surface area contributed by atoms with Gasteiger partial charge < -0.3 is 10.3 Å². The second-order valence-electron chi connectivity index (χ2n) is 6.50. The number of aromatic nitrogens is 1. The van der Waals surface area contributed by atoms with Gasteiger partial charge >= 0.3 is 0 Å². The Labute approximate surface area is 145 Å². The summed E-state index contributed by atoms with van der Waals surface area (Å²) in [5.41, 5.74) is 7.10. The molecule has 1 aliphatic rings. The van der Waals surface area contributed by atoms with Crippen molar-refractivity contribution < 1.29 is 14.1 Å². The van der Waals surface area contributed by atoms with Gasteiger partial charge in [0, 0.05) is 19.5 Å². The highest BCUT2D eigenvalue weighted by Crippen LogP contribution is 2.33. The number of guanidine groups is 1. The number of Topliss-reactive ketones (excluding diaryl/α,β-unsaturated/α-hetero) is 1. The number of nitrogens with zero attached hydrogens (tertiary/aromatic N) is 3. The third kappa shape index (κ3) is 3.31. The van der Waals surface area contributed by atoms with Crippen molar-refractivity contribution in [2.24, 2.45) is 10.7 Å². The molecule has 2 aromatic rings. The Balaban J connectivity index is 1.87. The van der Waals surface area contributed by atoms with Crippen LogP contribution in [0.4, 0.5) is 0 Å². The molecule has 1 aromatic heterocycles. The number of amides is 1. The van der Waals surface area contributed by atoms with E-state index in [1.165, 1.54) is 4.90 Å². The molecule has 1 amide bonds. The van der Waals surface area contributed by atoms with E-state index in [1.807, 2.05) is 31.2 Å². The minimum atomic E-state index is -0.739. The van der Waals surface area contributed by atoms with E-state index in [4.69, 9.17) is 10.3 Å². The van der Waals surface area contributed by atoms with E-state index in [1.54, 1.807) is 20.0 Å². The molecular formula is C18H20N4O3. The lowest BCUT2D eigenvalue weighted by Gasteiger charge is -2.33. The van der Waals surface area contributed by atoms with Crippen LogP contribution in [0.3, 0.4) is 0 Å². The lowest BCUT2D eigenvalue weighted by atomic mass is 9.86. The fraction of sp³-hybridized carbons (Fsp3) is 0.333. The summed E-state index contributed by atoms with van der Waals surface area (Å²) in [4.78, 5) is 30.3. The number of carbonyl (C=O) groups is 2. The summed E-state index contributed by atoms with van der Waals surface area (Å²) in [5, 5.41) is 3.75. The normalized spacial score (nSPS) is 20.5. The van der Waals surface area contributed by atoms with Crippen LogP contribution < -0.4 is 5.73 Å². The number of ketones is 1. The van der Waals surface area contributed by atoms with Crippen molar-refractivity contribution in [2.45, 2.75) is 32.2 Å². The zero-order valence-electron chi connectivity index (χ0n) is 14.4. The maximum Gasteiger partial charge on any atom is 0.231 e. The summed E-state index contributed by atoms with van der Waals surface area (Å²) < 4.78 is 4.95. The number of rotatable bonds is 4. The third-order valence-corrected chi connectivity index (χ3v) is 4.40. The molecule has 0 radical (unpaired) electrons. The molecule has 0 spiro atoms. The Hall–Kier alpha value is -2.96. The second-order valence-corrected chi connectivity index (χ2v) is 6.50. The summed E-state index contributed by atoms with van der Waals surface area (Å²) in [5.74, 6) is 0.578. The van der Waals surface area contributed by atoms with Crippen LogP contribution in [0.15, 0.2) is 39.8 Å². The van der Waals surface area contributed by atoms with Gasteiger partial charge in [0.15, 0.2) is 11.7 Å². The van der Waals surface area contributed by atoms with Crippen LogP contribution >= 0.6 is 0 Å². The minimum absolute atomic E-state index is 0.0884. The number of benzene rings is 1. The van der Waals surface area contributed by atoms with Crippen molar-refractivity contribution in [1.29, 1.82) is 0 Å². The molecule has 1 atom stereocenters. The molecule has 0 saturated carbocycles. The monoisotopic (exact) mass is 340 g/mol. The summed E-state index contributed by atoms with van der Waals surface area (Å²) in [7, 11) is 1.61. The van der Waals surface area contributed by atoms with Gasteiger partial charge in [0.2, 0.25) is 5.91 Å². The van der Waals surface area contributed by atoms with Gasteiger partial charge in [-0.05, 0) is 25.0 Å². The van der Waals surface area contributed by atoms with E-state index in [-0.39, 0.29) is 30.5 Å². The first-order valence-electron chi connectivity index (χ1n) is 7.96. The maximum atomic E-state index is 12.3. The lowest BCUT2D eigenvalue weighted by molar-refractivity contribution is -0.128. The van der Waals surface area contributed by atoms with Crippen molar-refractivity contribution in [2.75, 3.05) is 7.05 Å². The highest BCUT2D eigenvalue weighted by atomic mass is 16.5. The summed E-state index contributed by atoms with van der Waals surface area (Å²) >= 11 is 0. The Morgan fingerprint density at radius 1 is 1.40 bits per heavy atom. The predicted molar refractivity (Wildman–Crippen MR) is 92.1 cm³/mol. The van der Waals surface area contributed by atoms with Crippen molar-refractivity contribution in [3.8, 4) is 0 Å². The smallest absolute Gasteiger partial charge is 0.231 e. The molecular weight excluding hydrogens is 320 g/mol. The van der Waals surface area contributed by atoms with Crippen LogP contribution in [0.5, 0.6) is 0 Å². The van der Waals surface area contributed by atoms with Crippen LogP contribution in [0, 0.1) is 6.92 Å². The first-order valence-corrected chi connectivity index (χ1v) is 7.96. The molecule has 7 nitrogen and oxygen atoms in total. The van der Waals surface area contributed by atoms with Crippen molar-refractivity contribution >= 4 is 17.6 Å². The second kappa shape index (κ2) is 6.16. The quantitative estimate of drug-likeness (QED) is 0.855. The number of aliphatic imine (C=N–C) groups is 1. The number of carbonyl (C=O) groups excluding carboxylic acids is 2. The molecule has 7 heteroatoms. The van der Waals surface area contributed by atoms with Crippen LogP contribution in [-0.2, 0) is 16.8 Å². The van der Waals surface area contributed by atoms with E-state index in [9.17, 15) is 9.59 Å². The van der Waals surface area contributed by atoms with Crippen molar-refractivity contribution in [3.63, 3.8) is 0 Å². The van der Waals surface area contributed by atoms with Gasteiger partial charge in [0.1, 0.15) is 11.5 Å². The Morgan fingerprint density at radius 2 is 2.16 bits per heavy atom. The minimum Gasteiger partial charge on any atom is -0.369 e. The largest absolute Gasteiger partial charge is 0.369 e. The molecule has 1 aliphatic heterocycles. The molecule has 25 heavy (non-hydrogen) atoms. The molecule has 0 aliphatic carbocycles. The van der Waals surface area contributed by atoms with Crippen molar-refractivity contribution in [3.05, 3.63) is 52.9 Å². The fourth-order valence-electron chi connectivity index (χ4n) is 2.86. The molecule has 0 saturated heterocycles. The zero-order valence-corrected chi connectivity index (χ0v) is 14.4. The SMILES string of the molecule is Cc1cc(C(=O)Cc2cccc(C3(C)CC(=O)N(C)C(N)=N3)c2)no1.